The number of nitrogens with one attached hydrogen (secondary N) is 1. The lowest BCUT2D eigenvalue weighted by molar-refractivity contribution is 0.416. The van der Waals surface area contributed by atoms with E-state index in [0.717, 1.165) is 11.6 Å². The quantitative estimate of drug-likeness (QED) is 0.877. The van der Waals surface area contributed by atoms with E-state index in [4.69, 9.17) is 4.74 Å². The minimum atomic E-state index is -0.850. The van der Waals surface area contributed by atoms with Gasteiger partial charge in [-0.1, -0.05) is 6.07 Å². The zero-order valence-electron chi connectivity index (χ0n) is 11.0. The number of pyridine rings is 1. The SMILES string of the molecule is CCNc1nc(Oc2ccc(C)cc2Br)c(F)cc1F. The van der Waals surface area contributed by atoms with E-state index < -0.39 is 11.6 Å². The third-order valence-electron chi connectivity index (χ3n) is 2.54. The largest absolute Gasteiger partial charge is 0.435 e. The van der Waals surface area contributed by atoms with Crippen LogP contribution in [0.3, 0.4) is 0 Å². The molecule has 1 aromatic heterocycles. The fraction of sp³-hybridized carbons (Fsp3) is 0.214. The molecule has 0 spiro atoms. The molecule has 0 radical (unpaired) electrons. The standard InChI is InChI=1S/C14H13BrF2N2O/c1-3-18-13-10(16)7-11(17)14(19-13)20-12-5-4-8(2)6-9(12)15/h4-7H,3H2,1-2H3,(H,18,19). The lowest BCUT2D eigenvalue weighted by Gasteiger charge is -2.11. The van der Waals surface area contributed by atoms with Gasteiger partial charge in [-0.2, -0.15) is 4.98 Å². The van der Waals surface area contributed by atoms with Crippen molar-refractivity contribution in [2.45, 2.75) is 13.8 Å². The van der Waals surface area contributed by atoms with Gasteiger partial charge in [-0.25, -0.2) is 8.78 Å². The van der Waals surface area contributed by atoms with Crippen LogP contribution in [0.15, 0.2) is 28.7 Å². The molecular weight excluding hydrogens is 330 g/mol. The molecule has 106 valence electrons. The van der Waals surface area contributed by atoms with Crippen LogP contribution in [-0.4, -0.2) is 11.5 Å². The summed E-state index contributed by atoms with van der Waals surface area (Å²) in [5.74, 6) is -1.49. The third kappa shape index (κ3) is 3.25. The molecule has 20 heavy (non-hydrogen) atoms. The Labute approximate surface area is 124 Å². The van der Waals surface area contributed by atoms with Crippen LogP contribution >= 0.6 is 15.9 Å². The number of aryl methyl sites for hydroxylation is 1. The first-order chi connectivity index (χ1) is 9.51. The molecule has 0 bridgehead atoms. The summed E-state index contributed by atoms with van der Waals surface area (Å²) < 4.78 is 33.2. The van der Waals surface area contributed by atoms with E-state index in [1.165, 1.54) is 0 Å². The second-order valence-corrected chi connectivity index (χ2v) is 5.03. The molecule has 2 aromatic rings. The molecule has 6 heteroatoms. The van der Waals surface area contributed by atoms with Crippen LogP contribution in [0.2, 0.25) is 0 Å². The van der Waals surface area contributed by atoms with Crippen LogP contribution in [-0.2, 0) is 0 Å². The van der Waals surface area contributed by atoms with Gasteiger partial charge in [0.2, 0.25) is 0 Å². The van der Waals surface area contributed by atoms with Crippen molar-refractivity contribution in [3.63, 3.8) is 0 Å². The predicted octanol–water partition coefficient (Wildman–Crippen LogP) is 4.65. The number of aromatic nitrogens is 1. The van der Waals surface area contributed by atoms with Gasteiger partial charge in [-0.05, 0) is 47.5 Å². The van der Waals surface area contributed by atoms with Crippen LogP contribution in [0, 0.1) is 18.6 Å². The number of anilines is 1. The van der Waals surface area contributed by atoms with Gasteiger partial charge in [0.1, 0.15) is 5.75 Å². The van der Waals surface area contributed by atoms with Gasteiger partial charge >= 0.3 is 0 Å². The van der Waals surface area contributed by atoms with Crippen molar-refractivity contribution in [2.75, 3.05) is 11.9 Å². The monoisotopic (exact) mass is 342 g/mol. The van der Waals surface area contributed by atoms with E-state index >= 15 is 0 Å². The van der Waals surface area contributed by atoms with Crippen LogP contribution in [0.1, 0.15) is 12.5 Å². The highest BCUT2D eigenvalue weighted by molar-refractivity contribution is 9.10. The average molecular weight is 343 g/mol. The summed E-state index contributed by atoms with van der Waals surface area (Å²) in [5.41, 5.74) is 1.03. The zero-order valence-corrected chi connectivity index (χ0v) is 12.6. The smallest absolute Gasteiger partial charge is 0.258 e. The summed E-state index contributed by atoms with van der Waals surface area (Å²) in [6.45, 7) is 4.19. The number of hydrogen-bond donors (Lipinski definition) is 1. The number of hydrogen-bond acceptors (Lipinski definition) is 3. The second kappa shape index (κ2) is 6.17. The van der Waals surface area contributed by atoms with Gasteiger partial charge in [-0.15, -0.1) is 0 Å². The number of nitrogens with zero attached hydrogens (tertiary/aromatic N) is 1. The molecule has 1 N–H and O–H groups in total. The molecule has 0 fully saturated rings. The van der Waals surface area contributed by atoms with E-state index in [0.29, 0.717) is 16.8 Å². The van der Waals surface area contributed by atoms with E-state index in [9.17, 15) is 8.78 Å². The first-order valence-corrected chi connectivity index (χ1v) is 6.84. The average Bonchev–Trinajstić information content (AvgIpc) is 2.38. The minimum absolute atomic E-state index is 0.0351. The third-order valence-corrected chi connectivity index (χ3v) is 3.16. The molecular formula is C14H13BrF2N2O. The van der Waals surface area contributed by atoms with Crippen molar-refractivity contribution < 1.29 is 13.5 Å². The molecule has 0 saturated heterocycles. The zero-order chi connectivity index (χ0) is 14.7. The van der Waals surface area contributed by atoms with Crippen LogP contribution in [0.25, 0.3) is 0 Å². The molecule has 0 aliphatic rings. The Morgan fingerprint density at radius 3 is 2.65 bits per heavy atom. The molecule has 0 unspecified atom stereocenters. The number of ether oxygens (including phenoxy) is 1. The minimum Gasteiger partial charge on any atom is -0.435 e. The number of benzene rings is 1. The number of rotatable bonds is 4. The van der Waals surface area contributed by atoms with Gasteiger partial charge in [0.25, 0.3) is 5.88 Å². The van der Waals surface area contributed by atoms with E-state index in [1.54, 1.807) is 13.0 Å². The van der Waals surface area contributed by atoms with Gasteiger partial charge in [0, 0.05) is 12.6 Å². The molecule has 0 atom stereocenters. The molecule has 0 amide bonds. The molecule has 0 aliphatic carbocycles. The summed E-state index contributed by atoms with van der Waals surface area (Å²) in [5, 5.41) is 2.71. The van der Waals surface area contributed by atoms with Crippen molar-refractivity contribution >= 4 is 21.7 Å². The first kappa shape index (κ1) is 14.7. The van der Waals surface area contributed by atoms with Crippen LogP contribution in [0.5, 0.6) is 11.6 Å². The lowest BCUT2D eigenvalue weighted by Crippen LogP contribution is -2.04. The Hall–Kier alpha value is -1.69. The Morgan fingerprint density at radius 1 is 1.25 bits per heavy atom. The van der Waals surface area contributed by atoms with Crippen molar-refractivity contribution in [2.24, 2.45) is 0 Å². The summed E-state index contributed by atoms with van der Waals surface area (Å²) in [6, 6.07) is 6.11. The maximum absolute atomic E-state index is 13.7. The summed E-state index contributed by atoms with van der Waals surface area (Å²) in [7, 11) is 0. The fourth-order valence-electron chi connectivity index (χ4n) is 1.61. The van der Waals surface area contributed by atoms with Crippen molar-refractivity contribution in [1.82, 2.24) is 4.98 Å². The van der Waals surface area contributed by atoms with Crippen molar-refractivity contribution in [3.05, 3.63) is 45.9 Å². The molecule has 3 nitrogen and oxygen atoms in total. The van der Waals surface area contributed by atoms with E-state index in [1.807, 2.05) is 19.1 Å². The van der Waals surface area contributed by atoms with Gasteiger partial charge in [-0.3, -0.25) is 0 Å². The van der Waals surface area contributed by atoms with E-state index in [2.05, 4.69) is 26.2 Å². The number of halogens is 3. The molecule has 2 rings (SSSR count). The Morgan fingerprint density at radius 2 is 2.00 bits per heavy atom. The summed E-state index contributed by atoms with van der Waals surface area (Å²) in [6.07, 6.45) is 0. The maximum atomic E-state index is 13.7. The normalized spacial score (nSPS) is 10.4. The Bertz CT molecular complexity index is 635. The topological polar surface area (TPSA) is 34.2 Å². The first-order valence-electron chi connectivity index (χ1n) is 6.05. The lowest BCUT2D eigenvalue weighted by atomic mass is 10.2. The summed E-state index contributed by atoms with van der Waals surface area (Å²) >= 11 is 3.33. The summed E-state index contributed by atoms with van der Waals surface area (Å²) in [4.78, 5) is 3.82. The Kier molecular flexibility index (Phi) is 4.54. The molecule has 1 aromatic carbocycles. The second-order valence-electron chi connectivity index (χ2n) is 4.17. The van der Waals surface area contributed by atoms with Gasteiger partial charge in [0.05, 0.1) is 4.47 Å². The van der Waals surface area contributed by atoms with Crippen LogP contribution in [0.4, 0.5) is 14.6 Å². The highest BCUT2D eigenvalue weighted by atomic mass is 79.9. The molecule has 0 aliphatic heterocycles. The van der Waals surface area contributed by atoms with Crippen LogP contribution < -0.4 is 10.1 Å². The predicted molar refractivity (Wildman–Crippen MR) is 77.3 cm³/mol. The highest BCUT2D eigenvalue weighted by Crippen LogP contribution is 2.31. The fourth-order valence-corrected chi connectivity index (χ4v) is 2.18. The van der Waals surface area contributed by atoms with E-state index in [-0.39, 0.29) is 11.7 Å². The van der Waals surface area contributed by atoms with Gasteiger partial charge in [0.15, 0.2) is 17.5 Å². The Balaban J connectivity index is 2.35. The van der Waals surface area contributed by atoms with Crippen molar-refractivity contribution in [3.8, 4) is 11.6 Å². The maximum Gasteiger partial charge on any atom is 0.258 e. The molecule has 1 heterocycles. The van der Waals surface area contributed by atoms with Crippen molar-refractivity contribution in [1.29, 1.82) is 0 Å². The van der Waals surface area contributed by atoms with Gasteiger partial charge < -0.3 is 10.1 Å². The highest BCUT2D eigenvalue weighted by Gasteiger charge is 2.14. The molecule has 0 saturated carbocycles.